The number of hydrogen-bond acceptors (Lipinski definition) is 5. The molecule has 3 heterocycles. The Kier molecular flexibility index (Phi) is 3.48. The fraction of sp³-hybridized carbons (Fsp3) is 0.250. The minimum Gasteiger partial charge on any atom is -0.497 e. The molecule has 0 bridgehead atoms. The van der Waals surface area contributed by atoms with Gasteiger partial charge in [-0.2, -0.15) is 9.78 Å². The van der Waals surface area contributed by atoms with Gasteiger partial charge in [0.25, 0.3) is 5.56 Å². The lowest BCUT2D eigenvalue weighted by atomic mass is 10.1. The summed E-state index contributed by atoms with van der Waals surface area (Å²) in [6.45, 7) is 0.774. The van der Waals surface area contributed by atoms with Gasteiger partial charge in [0.2, 0.25) is 0 Å². The number of hydrogen-bond donors (Lipinski definition) is 0. The Labute approximate surface area is 187 Å². The summed E-state index contributed by atoms with van der Waals surface area (Å²) in [5, 5.41) is 9.90. The molecule has 160 valence electrons. The van der Waals surface area contributed by atoms with Crippen molar-refractivity contribution in [2.24, 2.45) is 13.0 Å². The van der Waals surface area contributed by atoms with Gasteiger partial charge in [-0.3, -0.25) is 9.48 Å². The van der Waals surface area contributed by atoms with Crippen molar-refractivity contribution in [3.63, 3.8) is 0 Å². The van der Waals surface area contributed by atoms with Gasteiger partial charge in [-0.15, -0.1) is 5.10 Å². The molecule has 0 amide bonds. The van der Waals surface area contributed by atoms with E-state index < -0.39 is 7.04 Å². The van der Waals surface area contributed by atoms with Crippen LogP contribution in [0.1, 0.15) is 17.0 Å². The van der Waals surface area contributed by atoms with E-state index in [1.54, 1.807) is 35.3 Å². The minimum absolute atomic E-state index is 0.202. The van der Waals surface area contributed by atoms with Crippen molar-refractivity contribution in [3.8, 4) is 22.6 Å². The van der Waals surface area contributed by atoms with E-state index >= 15 is 0 Å². The molecule has 0 N–H and O–H groups in total. The van der Waals surface area contributed by atoms with E-state index in [1.807, 2.05) is 36.0 Å². The molecule has 0 unspecified atom stereocenters. The topological polar surface area (TPSA) is 79.8 Å². The zero-order valence-corrected chi connectivity index (χ0v) is 17.4. The highest BCUT2D eigenvalue weighted by Crippen LogP contribution is 2.33. The van der Waals surface area contributed by atoms with Crippen LogP contribution in [0.4, 0.5) is 0 Å². The molecular formula is C24H22N6O2. The van der Waals surface area contributed by atoms with Crippen LogP contribution in [0.2, 0.25) is 0 Å². The summed E-state index contributed by atoms with van der Waals surface area (Å²) in [7, 11) is -0.702. The molecule has 1 fully saturated rings. The van der Waals surface area contributed by atoms with Crippen LogP contribution in [-0.2, 0) is 13.6 Å². The van der Waals surface area contributed by atoms with E-state index in [0.29, 0.717) is 33.9 Å². The van der Waals surface area contributed by atoms with Crippen LogP contribution in [0.25, 0.3) is 38.9 Å². The Balaban J connectivity index is 1.54. The van der Waals surface area contributed by atoms with Crippen LogP contribution in [0.5, 0.6) is 5.75 Å². The lowest BCUT2D eigenvalue weighted by Gasteiger charge is -2.12. The van der Waals surface area contributed by atoms with Crippen molar-refractivity contribution in [3.05, 3.63) is 65.3 Å². The van der Waals surface area contributed by atoms with Crippen molar-refractivity contribution in [1.29, 1.82) is 0 Å². The number of nitrogens with zero attached hydrogens (tertiary/aromatic N) is 6. The molecule has 8 heteroatoms. The fourth-order valence-corrected chi connectivity index (χ4v) is 4.16. The highest BCUT2D eigenvalue weighted by molar-refractivity contribution is 5.90. The van der Waals surface area contributed by atoms with E-state index in [0.717, 1.165) is 30.3 Å². The molecule has 8 nitrogen and oxygen atoms in total. The highest BCUT2D eigenvalue weighted by atomic mass is 16.5. The highest BCUT2D eigenvalue weighted by Gasteiger charge is 2.25. The first kappa shape index (κ1) is 15.8. The number of ether oxygens (including phenoxy) is 1. The summed E-state index contributed by atoms with van der Waals surface area (Å²) < 4.78 is 32.0. The number of aryl methyl sites for hydroxylation is 1. The second kappa shape index (κ2) is 7.05. The SMILES string of the molecule is [2H]C([2H])([2H])Oc1ccc(-c2c(=O)n(-c3ccc4nn(C)cc4c3)nc3ncn(CC4CC4)c23)cc1. The van der Waals surface area contributed by atoms with E-state index in [1.165, 1.54) is 4.68 Å². The van der Waals surface area contributed by atoms with Gasteiger partial charge < -0.3 is 9.30 Å². The number of imidazole rings is 1. The van der Waals surface area contributed by atoms with Crippen molar-refractivity contribution in [2.45, 2.75) is 19.4 Å². The number of methoxy groups -OCH3 is 1. The molecular weight excluding hydrogens is 404 g/mol. The summed E-state index contributed by atoms with van der Waals surface area (Å²) >= 11 is 0. The van der Waals surface area contributed by atoms with Gasteiger partial charge >= 0.3 is 0 Å². The molecule has 0 aliphatic heterocycles. The largest absolute Gasteiger partial charge is 0.497 e. The third-order valence-electron chi connectivity index (χ3n) is 5.92. The smallest absolute Gasteiger partial charge is 0.281 e. The standard InChI is InChI=1S/C24H22N6O2/c1-28-13-17-11-18(7-10-20(17)26-28)30-24(31)21(16-5-8-19(32-2)9-6-16)22-23(27-30)25-14-29(22)12-15-3-4-15/h5-11,13-15H,3-4,12H2,1-2H3/i2D3. The van der Waals surface area contributed by atoms with Crippen LogP contribution in [0.3, 0.4) is 0 Å². The van der Waals surface area contributed by atoms with E-state index in [9.17, 15) is 4.79 Å². The molecule has 0 atom stereocenters. The zero-order chi connectivity index (χ0) is 24.3. The Morgan fingerprint density at radius 1 is 1.16 bits per heavy atom. The van der Waals surface area contributed by atoms with Gasteiger partial charge in [-0.1, -0.05) is 12.1 Å². The molecule has 3 aromatic heterocycles. The first-order valence-corrected chi connectivity index (χ1v) is 10.5. The normalized spacial score (nSPS) is 15.6. The predicted molar refractivity (Wildman–Crippen MR) is 122 cm³/mol. The maximum Gasteiger partial charge on any atom is 0.281 e. The van der Waals surface area contributed by atoms with E-state index in [-0.39, 0.29) is 11.3 Å². The monoisotopic (exact) mass is 429 g/mol. The number of rotatable bonds is 5. The Bertz CT molecular complexity index is 1630. The van der Waals surface area contributed by atoms with Crippen LogP contribution < -0.4 is 10.3 Å². The fourth-order valence-electron chi connectivity index (χ4n) is 4.16. The summed E-state index contributed by atoms with van der Waals surface area (Å²) in [4.78, 5) is 18.4. The van der Waals surface area contributed by atoms with Crippen molar-refractivity contribution < 1.29 is 8.85 Å². The van der Waals surface area contributed by atoms with Gasteiger partial charge in [0, 0.05) is 25.2 Å². The van der Waals surface area contributed by atoms with Gasteiger partial charge in [-0.25, -0.2) is 4.98 Å². The number of fused-ring (bicyclic) bond motifs is 2. The van der Waals surface area contributed by atoms with Gasteiger partial charge in [0.15, 0.2) is 5.65 Å². The molecule has 0 saturated heterocycles. The summed E-state index contributed by atoms with van der Waals surface area (Å²) in [6, 6.07) is 12.0. The second-order valence-electron chi connectivity index (χ2n) is 8.28. The van der Waals surface area contributed by atoms with Gasteiger partial charge in [0.1, 0.15) is 11.3 Å². The van der Waals surface area contributed by atoms with Crippen LogP contribution >= 0.6 is 0 Å². The molecule has 32 heavy (non-hydrogen) atoms. The number of benzene rings is 2. The lowest BCUT2D eigenvalue weighted by Crippen LogP contribution is -2.24. The Hall–Kier alpha value is -3.94. The van der Waals surface area contributed by atoms with E-state index in [2.05, 4.69) is 15.2 Å². The summed E-state index contributed by atoms with van der Waals surface area (Å²) in [6.07, 6.45) is 5.94. The van der Waals surface area contributed by atoms with Crippen molar-refractivity contribution in [1.82, 2.24) is 29.1 Å². The maximum absolute atomic E-state index is 13.9. The first-order valence-electron chi connectivity index (χ1n) is 12.0. The third kappa shape index (κ3) is 3.07. The van der Waals surface area contributed by atoms with Crippen LogP contribution in [0, 0.1) is 5.92 Å². The van der Waals surface area contributed by atoms with Crippen LogP contribution in [-0.4, -0.2) is 36.2 Å². The zero-order valence-electron chi connectivity index (χ0n) is 20.4. The molecule has 6 rings (SSSR count). The van der Waals surface area contributed by atoms with E-state index in [4.69, 9.17) is 8.85 Å². The Morgan fingerprint density at radius 2 is 2.00 bits per heavy atom. The van der Waals surface area contributed by atoms with Crippen molar-refractivity contribution >= 4 is 22.1 Å². The molecule has 0 radical (unpaired) electrons. The second-order valence-corrected chi connectivity index (χ2v) is 8.28. The quantitative estimate of drug-likeness (QED) is 0.427. The van der Waals surface area contributed by atoms with Gasteiger partial charge in [0.05, 0.1) is 34.2 Å². The average Bonchev–Trinajstić information content (AvgIpc) is 3.41. The Morgan fingerprint density at radius 3 is 2.78 bits per heavy atom. The van der Waals surface area contributed by atoms with Crippen LogP contribution in [0.15, 0.2) is 59.8 Å². The lowest BCUT2D eigenvalue weighted by molar-refractivity contribution is 0.415. The minimum atomic E-state index is -2.55. The predicted octanol–water partition coefficient (Wildman–Crippen LogP) is 3.55. The first-order chi connectivity index (χ1) is 16.7. The molecule has 1 saturated carbocycles. The number of aromatic nitrogens is 6. The maximum atomic E-state index is 13.9. The summed E-state index contributed by atoms with van der Waals surface area (Å²) in [5.41, 5.74) is 3.37. The molecule has 2 aromatic carbocycles. The van der Waals surface area contributed by atoms with Crippen molar-refractivity contribution in [2.75, 3.05) is 7.04 Å². The molecule has 1 aliphatic rings. The molecule has 1 aliphatic carbocycles. The third-order valence-corrected chi connectivity index (χ3v) is 5.92. The summed E-state index contributed by atoms with van der Waals surface area (Å²) in [5.74, 6) is 0.777. The average molecular weight is 429 g/mol. The molecule has 0 spiro atoms. The molecule has 5 aromatic rings. The van der Waals surface area contributed by atoms with Gasteiger partial charge in [-0.05, 0) is 54.7 Å².